The molecule has 2 amide bonds. The van der Waals surface area contributed by atoms with Crippen LogP contribution in [0, 0.1) is 17.0 Å². The number of non-ortho nitro benzene ring substituents is 1. The number of nitrogens with zero attached hydrogens (tertiary/aromatic N) is 2. The number of carbonyl (C=O) groups is 3. The van der Waals surface area contributed by atoms with Crippen LogP contribution in [0.2, 0.25) is 0 Å². The second kappa shape index (κ2) is 7.77. The number of nitrogens with one attached hydrogen (secondary N) is 1. The number of amides is 2. The molecule has 0 radical (unpaired) electrons. The fraction of sp³-hybridized carbons (Fsp3) is 0.357. The van der Waals surface area contributed by atoms with Gasteiger partial charge in [0.1, 0.15) is 6.54 Å². The van der Waals surface area contributed by atoms with E-state index < -0.39 is 23.4 Å². The highest BCUT2D eigenvalue weighted by Gasteiger charge is 2.24. The number of benzene rings is 1. The van der Waals surface area contributed by atoms with Crippen molar-refractivity contribution in [3.8, 4) is 0 Å². The van der Waals surface area contributed by atoms with E-state index in [1.54, 1.807) is 6.92 Å². The van der Waals surface area contributed by atoms with Crippen LogP contribution in [0.4, 0.5) is 16.2 Å². The predicted molar refractivity (Wildman–Crippen MR) is 86.8 cm³/mol. The predicted octanol–water partition coefficient (Wildman–Crippen LogP) is 1.55. The van der Waals surface area contributed by atoms with Gasteiger partial charge in [-0.2, -0.15) is 0 Å². The summed E-state index contributed by atoms with van der Waals surface area (Å²) in [5.41, 5.74) is 0.759. The summed E-state index contributed by atoms with van der Waals surface area (Å²) in [5, 5.41) is 13.0. The molecule has 1 heterocycles. The van der Waals surface area contributed by atoms with E-state index in [1.807, 2.05) is 0 Å². The maximum absolute atomic E-state index is 11.8. The van der Waals surface area contributed by atoms with Crippen LogP contribution in [0.1, 0.15) is 5.56 Å². The molecule has 2 rings (SSSR count). The molecule has 1 aliphatic heterocycles. The van der Waals surface area contributed by atoms with Crippen molar-refractivity contribution in [3.05, 3.63) is 33.9 Å². The molecule has 0 saturated carbocycles. The second-order valence-corrected chi connectivity index (χ2v) is 6.05. The van der Waals surface area contributed by atoms with E-state index in [-0.39, 0.29) is 23.2 Å². The zero-order valence-electron chi connectivity index (χ0n) is 12.8. The summed E-state index contributed by atoms with van der Waals surface area (Å²) in [6.45, 7) is 1.42. The monoisotopic (exact) mass is 353 g/mol. The lowest BCUT2D eigenvalue weighted by Crippen LogP contribution is -2.32. The van der Waals surface area contributed by atoms with E-state index in [4.69, 9.17) is 4.74 Å². The third-order valence-electron chi connectivity index (χ3n) is 3.24. The molecule has 1 aliphatic rings. The molecule has 1 aromatic carbocycles. The molecule has 0 spiro atoms. The molecule has 1 fully saturated rings. The highest BCUT2D eigenvalue weighted by Crippen LogP contribution is 2.21. The Hall–Kier alpha value is -2.62. The zero-order valence-corrected chi connectivity index (χ0v) is 13.6. The average Bonchev–Trinajstić information content (AvgIpc) is 2.92. The Balaban J connectivity index is 1.85. The average molecular weight is 353 g/mol. The molecule has 0 unspecified atom stereocenters. The van der Waals surface area contributed by atoms with Crippen molar-refractivity contribution in [1.82, 2.24) is 4.90 Å². The number of carbonyl (C=O) groups excluding carboxylic acids is 3. The van der Waals surface area contributed by atoms with Crippen LogP contribution in [0.15, 0.2) is 18.2 Å². The van der Waals surface area contributed by atoms with E-state index in [0.29, 0.717) is 17.9 Å². The van der Waals surface area contributed by atoms with Gasteiger partial charge < -0.3 is 15.0 Å². The quantitative estimate of drug-likeness (QED) is 0.468. The van der Waals surface area contributed by atoms with Gasteiger partial charge in [-0.05, 0) is 12.5 Å². The third kappa shape index (κ3) is 4.69. The zero-order chi connectivity index (χ0) is 17.7. The number of anilines is 1. The van der Waals surface area contributed by atoms with E-state index in [9.17, 15) is 24.5 Å². The fourth-order valence-electron chi connectivity index (χ4n) is 1.96. The minimum absolute atomic E-state index is 0.155. The summed E-state index contributed by atoms with van der Waals surface area (Å²) in [7, 11) is 0. The number of ether oxygens (including phenoxy) is 1. The highest BCUT2D eigenvalue weighted by molar-refractivity contribution is 8.13. The Morgan fingerprint density at radius 3 is 2.83 bits per heavy atom. The standard InChI is InChI=1S/C14H15N3O6S/c1-9-2-3-10(17(21)22)6-11(9)15-12(18)8-23-13(19)7-16-4-5-24-14(16)20/h2-3,6H,4-5,7-8H2,1H3,(H,15,18). The van der Waals surface area contributed by atoms with Gasteiger partial charge in [0.2, 0.25) is 0 Å². The van der Waals surface area contributed by atoms with Gasteiger partial charge in [-0.1, -0.05) is 17.8 Å². The van der Waals surface area contributed by atoms with Crippen LogP contribution < -0.4 is 5.32 Å². The normalized spacial score (nSPS) is 13.7. The van der Waals surface area contributed by atoms with Crippen LogP contribution in [0.25, 0.3) is 0 Å². The molecule has 0 aromatic heterocycles. The summed E-state index contributed by atoms with van der Waals surface area (Å²) < 4.78 is 4.82. The van der Waals surface area contributed by atoms with Crippen LogP contribution in [0.3, 0.4) is 0 Å². The number of hydrogen-bond acceptors (Lipinski definition) is 7. The fourth-order valence-corrected chi connectivity index (χ4v) is 2.79. The van der Waals surface area contributed by atoms with E-state index in [0.717, 1.165) is 11.8 Å². The minimum atomic E-state index is -0.684. The Morgan fingerprint density at radius 2 is 2.21 bits per heavy atom. The number of rotatable bonds is 6. The van der Waals surface area contributed by atoms with Crippen molar-refractivity contribution in [2.24, 2.45) is 0 Å². The molecule has 0 aliphatic carbocycles. The summed E-state index contributed by atoms with van der Waals surface area (Å²) >= 11 is 1.12. The first-order chi connectivity index (χ1) is 11.4. The summed E-state index contributed by atoms with van der Waals surface area (Å²) in [5.74, 6) is -0.676. The molecular weight excluding hydrogens is 338 g/mol. The first kappa shape index (κ1) is 17.7. The minimum Gasteiger partial charge on any atom is -0.454 e. The Kier molecular flexibility index (Phi) is 5.74. The largest absolute Gasteiger partial charge is 0.454 e. The summed E-state index contributed by atoms with van der Waals surface area (Å²) in [6, 6.07) is 4.07. The van der Waals surface area contributed by atoms with E-state index in [2.05, 4.69) is 5.32 Å². The van der Waals surface area contributed by atoms with Crippen LogP contribution in [-0.2, 0) is 14.3 Å². The molecular formula is C14H15N3O6S. The maximum Gasteiger partial charge on any atom is 0.326 e. The number of esters is 1. The Bertz CT molecular complexity index is 693. The molecule has 1 aromatic rings. The molecule has 1 N–H and O–H groups in total. The number of nitro benzene ring substituents is 1. The maximum atomic E-state index is 11.8. The lowest BCUT2D eigenvalue weighted by molar-refractivity contribution is -0.384. The van der Waals surface area contributed by atoms with E-state index in [1.165, 1.54) is 23.1 Å². The van der Waals surface area contributed by atoms with Crippen molar-refractivity contribution in [2.45, 2.75) is 6.92 Å². The first-order valence-electron chi connectivity index (χ1n) is 6.99. The van der Waals surface area contributed by atoms with Gasteiger partial charge in [0.15, 0.2) is 6.61 Å². The summed E-state index contributed by atoms with van der Waals surface area (Å²) in [6.07, 6.45) is 0. The smallest absolute Gasteiger partial charge is 0.326 e. The number of nitro groups is 1. The number of thioether (sulfide) groups is 1. The molecule has 24 heavy (non-hydrogen) atoms. The lowest BCUT2D eigenvalue weighted by atomic mass is 10.2. The third-order valence-corrected chi connectivity index (χ3v) is 4.13. The first-order valence-corrected chi connectivity index (χ1v) is 7.97. The molecule has 0 bridgehead atoms. The van der Waals surface area contributed by atoms with Gasteiger partial charge in [0, 0.05) is 24.4 Å². The van der Waals surface area contributed by atoms with Crippen molar-refractivity contribution >= 4 is 40.3 Å². The van der Waals surface area contributed by atoms with Gasteiger partial charge in [-0.3, -0.25) is 24.5 Å². The van der Waals surface area contributed by atoms with Crippen molar-refractivity contribution in [2.75, 3.05) is 30.8 Å². The lowest BCUT2D eigenvalue weighted by Gasteiger charge is -2.13. The topological polar surface area (TPSA) is 119 Å². The number of hydrogen-bond donors (Lipinski definition) is 1. The van der Waals surface area contributed by atoms with Gasteiger partial charge in [-0.15, -0.1) is 0 Å². The highest BCUT2D eigenvalue weighted by atomic mass is 32.2. The molecule has 128 valence electrons. The van der Waals surface area contributed by atoms with Gasteiger partial charge in [0.05, 0.1) is 10.6 Å². The SMILES string of the molecule is Cc1ccc([N+](=O)[O-])cc1NC(=O)COC(=O)CN1CCSC1=O. The van der Waals surface area contributed by atoms with Crippen LogP contribution >= 0.6 is 11.8 Å². The number of aryl methyl sites for hydroxylation is 1. The Morgan fingerprint density at radius 1 is 1.46 bits per heavy atom. The van der Waals surface area contributed by atoms with E-state index >= 15 is 0 Å². The van der Waals surface area contributed by atoms with Gasteiger partial charge >= 0.3 is 5.97 Å². The van der Waals surface area contributed by atoms with Crippen molar-refractivity contribution in [1.29, 1.82) is 0 Å². The van der Waals surface area contributed by atoms with Crippen molar-refractivity contribution < 1.29 is 24.0 Å². The van der Waals surface area contributed by atoms with Gasteiger partial charge in [-0.25, -0.2) is 0 Å². The van der Waals surface area contributed by atoms with Crippen LogP contribution in [-0.4, -0.2) is 52.4 Å². The van der Waals surface area contributed by atoms with Gasteiger partial charge in [0.25, 0.3) is 16.8 Å². The summed E-state index contributed by atoms with van der Waals surface area (Å²) in [4.78, 5) is 46.3. The Labute approximate surface area is 141 Å². The molecule has 1 saturated heterocycles. The van der Waals surface area contributed by atoms with Crippen molar-refractivity contribution in [3.63, 3.8) is 0 Å². The second-order valence-electron chi connectivity index (χ2n) is 5.00. The van der Waals surface area contributed by atoms with Crippen LogP contribution in [0.5, 0.6) is 0 Å². The molecule has 9 nitrogen and oxygen atoms in total. The molecule has 0 atom stereocenters. The molecule has 10 heteroatoms.